The summed E-state index contributed by atoms with van der Waals surface area (Å²) in [4.78, 5) is 27.5. The minimum absolute atomic E-state index is 0.126. The van der Waals surface area contributed by atoms with Gasteiger partial charge in [-0.3, -0.25) is 14.7 Å². The van der Waals surface area contributed by atoms with Crippen molar-refractivity contribution in [2.75, 3.05) is 18.4 Å². The lowest BCUT2D eigenvalue weighted by Gasteiger charge is -2.35. The summed E-state index contributed by atoms with van der Waals surface area (Å²) in [7, 11) is 0. The Morgan fingerprint density at radius 1 is 0.963 bits per heavy atom. The van der Waals surface area contributed by atoms with E-state index in [1.165, 1.54) is 19.3 Å². The average Bonchev–Trinajstić information content (AvgIpc) is 3.40. The Labute approximate surface area is 161 Å². The molecule has 1 atom stereocenters. The maximum Gasteiger partial charge on any atom is 0.227 e. The molecule has 0 radical (unpaired) electrons. The molecular weight excluding hydrogens is 340 g/mol. The van der Waals surface area contributed by atoms with Crippen molar-refractivity contribution in [3.63, 3.8) is 0 Å². The number of carbonyl (C=O) groups excluding carboxylic acids is 2. The lowest BCUT2D eigenvalue weighted by atomic mass is 9.86. The van der Waals surface area contributed by atoms with Gasteiger partial charge in [0.05, 0.1) is 17.6 Å². The molecular formula is C21H32N4O2. The van der Waals surface area contributed by atoms with Gasteiger partial charge in [0, 0.05) is 30.8 Å². The lowest BCUT2D eigenvalue weighted by Crippen LogP contribution is -2.43. The first kappa shape index (κ1) is 18.5. The SMILES string of the molecule is O=C(Nc1cn[nH]c1[C@H]1CCCN(C(=O)C2CCCCC2)C1)C1CCCC1. The molecule has 1 aliphatic heterocycles. The number of nitrogens with one attached hydrogen (secondary N) is 2. The monoisotopic (exact) mass is 372 g/mol. The van der Waals surface area contributed by atoms with E-state index in [-0.39, 0.29) is 23.7 Å². The summed E-state index contributed by atoms with van der Waals surface area (Å²) in [6, 6.07) is 0. The van der Waals surface area contributed by atoms with Crippen LogP contribution in [0.2, 0.25) is 0 Å². The molecule has 3 fully saturated rings. The highest BCUT2D eigenvalue weighted by Gasteiger charge is 2.32. The van der Waals surface area contributed by atoms with Gasteiger partial charge in [-0.15, -0.1) is 0 Å². The molecule has 148 valence electrons. The van der Waals surface area contributed by atoms with Crippen LogP contribution >= 0.6 is 0 Å². The van der Waals surface area contributed by atoms with E-state index in [1.54, 1.807) is 6.20 Å². The Morgan fingerprint density at radius 2 is 1.67 bits per heavy atom. The van der Waals surface area contributed by atoms with Crippen LogP contribution < -0.4 is 5.32 Å². The van der Waals surface area contributed by atoms with Crippen LogP contribution in [-0.4, -0.2) is 40.0 Å². The maximum atomic E-state index is 12.9. The van der Waals surface area contributed by atoms with Crippen molar-refractivity contribution in [3.05, 3.63) is 11.9 Å². The van der Waals surface area contributed by atoms with E-state index in [0.29, 0.717) is 5.91 Å². The molecule has 1 aromatic rings. The summed E-state index contributed by atoms with van der Waals surface area (Å²) in [5, 5.41) is 10.4. The normalized spacial score (nSPS) is 24.9. The van der Waals surface area contributed by atoms with E-state index in [0.717, 1.165) is 75.8 Å². The molecule has 0 spiro atoms. The minimum atomic E-state index is 0.126. The molecule has 1 saturated heterocycles. The van der Waals surface area contributed by atoms with Crippen LogP contribution in [0, 0.1) is 11.8 Å². The molecule has 2 saturated carbocycles. The third-order valence-corrected chi connectivity index (χ3v) is 6.75. The second-order valence-electron chi connectivity index (χ2n) is 8.63. The number of piperidine rings is 1. The van der Waals surface area contributed by atoms with E-state index < -0.39 is 0 Å². The predicted molar refractivity (Wildman–Crippen MR) is 104 cm³/mol. The lowest BCUT2D eigenvalue weighted by molar-refractivity contribution is -0.137. The average molecular weight is 373 g/mol. The van der Waals surface area contributed by atoms with E-state index in [1.807, 2.05) is 0 Å². The number of carbonyl (C=O) groups is 2. The Morgan fingerprint density at radius 3 is 2.44 bits per heavy atom. The number of nitrogens with zero attached hydrogens (tertiary/aromatic N) is 2. The fourth-order valence-corrected chi connectivity index (χ4v) is 5.15. The maximum absolute atomic E-state index is 12.9. The molecule has 2 aliphatic carbocycles. The third kappa shape index (κ3) is 4.19. The molecule has 0 bridgehead atoms. The van der Waals surface area contributed by atoms with Crippen molar-refractivity contribution in [2.45, 2.75) is 76.5 Å². The van der Waals surface area contributed by atoms with Crippen LogP contribution in [-0.2, 0) is 9.59 Å². The van der Waals surface area contributed by atoms with Crippen molar-refractivity contribution in [1.29, 1.82) is 0 Å². The highest BCUT2D eigenvalue weighted by atomic mass is 16.2. The number of hydrogen-bond acceptors (Lipinski definition) is 3. The number of anilines is 1. The molecule has 2 heterocycles. The largest absolute Gasteiger partial charge is 0.342 e. The molecule has 1 aromatic heterocycles. The van der Waals surface area contributed by atoms with E-state index in [2.05, 4.69) is 20.4 Å². The van der Waals surface area contributed by atoms with Crippen LogP contribution in [0.15, 0.2) is 6.20 Å². The first-order valence-electron chi connectivity index (χ1n) is 10.9. The Kier molecular flexibility index (Phi) is 5.79. The quantitative estimate of drug-likeness (QED) is 0.843. The van der Waals surface area contributed by atoms with Crippen molar-refractivity contribution >= 4 is 17.5 Å². The molecule has 4 rings (SSSR count). The fraction of sp³-hybridized carbons (Fsp3) is 0.762. The topological polar surface area (TPSA) is 78.1 Å². The summed E-state index contributed by atoms with van der Waals surface area (Å²) >= 11 is 0. The highest BCUT2D eigenvalue weighted by molar-refractivity contribution is 5.93. The standard InChI is InChI=1S/C21H32N4O2/c26-20(15-7-4-5-8-15)23-18-13-22-24-19(18)17-11-6-12-25(14-17)21(27)16-9-2-1-3-10-16/h13,15-17H,1-12,14H2,(H,22,24)(H,23,26)/t17-/m0/s1. The number of amides is 2. The van der Waals surface area contributed by atoms with Crippen LogP contribution in [0.5, 0.6) is 0 Å². The van der Waals surface area contributed by atoms with Gasteiger partial charge in [-0.05, 0) is 38.5 Å². The predicted octanol–water partition coefficient (Wildman–Crippen LogP) is 3.82. The van der Waals surface area contributed by atoms with Crippen molar-refractivity contribution in [3.8, 4) is 0 Å². The molecule has 6 heteroatoms. The van der Waals surface area contributed by atoms with E-state index >= 15 is 0 Å². The molecule has 6 nitrogen and oxygen atoms in total. The summed E-state index contributed by atoms with van der Waals surface area (Å²) in [5.74, 6) is 1.06. The molecule has 0 aromatic carbocycles. The van der Waals surface area contributed by atoms with E-state index in [9.17, 15) is 9.59 Å². The molecule has 0 unspecified atom stereocenters. The van der Waals surface area contributed by atoms with Crippen LogP contribution in [0.25, 0.3) is 0 Å². The zero-order chi connectivity index (χ0) is 18.6. The zero-order valence-electron chi connectivity index (χ0n) is 16.2. The van der Waals surface area contributed by atoms with Gasteiger partial charge in [-0.1, -0.05) is 32.1 Å². The number of hydrogen-bond donors (Lipinski definition) is 2. The van der Waals surface area contributed by atoms with Gasteiger partial charge in [0.2, 0.25) is 11.8 Å². The number of aromatic amines is 1. The second kappa shape index (κ2) is 8.44. The van der Waals surface area contributed by atoms with Gasteiger partial charge in [-0.25, -0.2) is 0 Å². The third-order valence-electron chi connectivity index (χ3n) is 6.75. The van der Waals surface area contributed by atoms with Gasteiger partial charge in [-0.2, -0.15) is 5.10 Å². The number of aromatic nitrogens is 2. The van der Waals surface area contributed by atoms with Gasteiger partial charge < -0.3 is 10.2 Å². The first-order chi connectivity index (χ1) is 13.2. The molecule has 3 aliphatic rings. The molecule has 2 N–H and O–H groups in total. The summed E-state index contributed by atoms with van der Waals surface area (Å²) in [6.07, 6.45) is 13.8. The Balaban J connectivity index is 1.40. The summed E-state index contributed by atoms with van der Waals surface area (Å²) < 4.78 is 0. The van der Waals surface area contributed by atoms with E-state index in [4.69, 9.17) is 0 Å². The summed E-state index contributed by atoms with van der Waals surface area (Å²) in [5.41, 5.74) is 1.80. The van der Waals surface area contributed by atoms with Crippen molar-refractivity contribution in [1.82, 2.24) is 15.1 Å². The Bertz CT molecular complexity index is 659. The van der Waals surface area contributed by atoms with Crippen LogP contribution in [0.3, 0.4) is 0 Å². The number of likely N-dealkylation sites (tertiary alicyclic amines) is 1. The Hall–Kier alpha value is -1.85. The fourth-order valence-electron chi connectivity index (χ4n) is 5.15. The highest BCUT2D eigenvalue weighted by Crippen LogP contribution is 2.34. The second-order valence-corrected chi connectivity index (χ2v) is 8.63. The van der Waals surface area contributed by atoms with Crippen molar-refractivity contribution in [2.24, 2.45) is 11.8 Å². The zero-order valence-corrected chi connectivity index (χ0v) is 16.2. The van der Waals surface area contributed by atoms with Gasteiger partial charge in [0.1, 0.15) is 0 Å². The molecule has 27 heavy (non-hydrogen) atoms. The number of rotatable bonds is 4. The first-order valence-corrected chi connectivity index (χ1v) is 10.9. The minimum Gasteiger partial charge on any atom is -0.342 e. The van der Waals surface area contributed by atoms with Gasteiger partial charge >= 0.3 is 0 Å². The van der Waals surface area contributed by atoms with Crippen LogP contribution in [0.1, 0.15) is 82.2 Å². The summed E-state index contributed by atoms with van der Waals surface area (Å²) in [6.45, 7) is 1.60. The molecule has 2 amide bonds. The van der Waals surface area contributed by atoms with Crippen LogP contribution in [0.4, 0.5) is 5.69 Å². The van der Waals surface area contributed by atoms with Gasteiger partial charge in [0.25, 0.3) is 0 Å². The number of H-pyrrole nitrogens is 1. The van der Waals surface area contributed by atoms with Crippen molar-refractivity contribution < 1.29 is 9.59 Å². The van der Waals surface area contributed by atoms with Gasteiger partial charge in [0.15, 0.2) is 0 Å². The smallest absolute Gasteiger partial charge is 0.227 e.